The molecule has 4 heteroatoms. The van der Waals surface area contributed by atoms with Gasteiger partial charge in [0.2, 0.25) is 0 Å². The summed E-state index contributed by atoms with van der Waals surface area (Å²) in [6.45, 7) is 7.31. The Morgan fingerprint density at radius 1 is 1.20 bits per heavy atom. The molecule has 0 aliphatic heterocycles. The van der Waals surface area contributed by atoms with Crippen molar-refractivity contribution in [2.24, 2.45) is 5.92 Å². The van der Waals surface area contributed by atoms with Crippen molar-refractivity contribution in [1.82, 2.24) is 5.32 Å². The first-order valence-corrected chi connectivity index (χ1v) is 7.84. The van der Waals surface area contributed by atoms with E-state index < -0.39 is 17.7 Å². The number of alkyl carbamates (subject to hydrolysis) is 1. The molecule has 0 bridgehead atoms. The number of hydrogen-bond donors (Lipinski definition) is 1. The number of nitrogens with one attached hydrogen (secondary N) is 1. The van der Waals surface area contributed by atoms with Crippen molar-refractivity contribution in [3.63, 3.8) is 0 Å². The molecule has 1 rings (SSSR count). The van der Waals surface area contributed by atoms with E-state index >= 15 is 0 Å². The number of rotatable bonds is 5. The lowest BCUT2D eigenvalue weighted by molar-refractivity contribution is -0.121. The number of amides is 1. The first-order chi connectivity index (χ1) is 9.31. The van der Waals surface area contributed by atoms with E-state index in [4.69, 9.17) is 4.74 Å². The maximum Gasteiger partial charge on any atom is 0.408 e. The Morgan fingerprint density at radius 3 is 2.30 bits per heavy atom. The van der Waals surface area contributed by atoms with Gasteiger partial charge in [-0.15, -0.1) is 0 Å². The highest BCUT2D eigenvalue weighted by Crippen LogP contribution is 2.27. The van der Waals surface area contributed by atoms with Gasteiger partial charge in [0.15, 0.2) is 5.78 Å². The lowest BCUT2D eigenvalue weighted by Gasteiger charge is -2.27. The second-order valence-corrected chi connectivity index (χ2v) is 6.76. The van der Waals surface area contributed by atoms with Crippen LogP contribution in [0.4, 0.5) is 4.79 Å². The van der Waals surface area contributed by atoms with Gasteiger partial charge in [-0.1, -0.05) is 39.0 Å². The molecule has 4 nitrogen and oxygen atoms in total. The summed E-state index contributed by atoms with van der Waals surface area (Å²) in [6.07, 6.45) is 6.84. The zero-order chi connectivity index (χ0) is 15.2. The van der Waals surface area contributed by atoms with Gasteiger partial charge >= 0.3 is 6.09 Å². The Hall–Kier alpha value is -1.06. The lowest BCUT2D eigenvalue weighted by atomic mass is 9.84. The van der Waals surface area contributed by atoms with Crippen molar-refractivity contribution in [1.29, 1.82) is 0 Å². The van der Waals surface area contributed by atoms with Gasteiger partial charge in [-0.2, -0.15) is 0 Å². The van der Waals surface area contributed by atoms with Crippen LogP contribution in [0.1, 0.15) is 72.6 Å². The largest absolute Gasteiger partial charge is 0.444 e. The minimum Gasteiger partial charge on any atom is -0.444 e. The summed E-state index contributed by atoms with van der Waals surface area (Å²) in [5.74, 6) is 0.653. The number of hydrogen-bond acceptors (Lipinski definition) is 3. The van der Waals surface area contributed by atoms with Crippen molar-refractivity contribution in [2.45, 2.75) is 84.3 Å². The van der Waals surface area contributed by atoms with Crippen LogP contribution in [0.15, 0.2) is 0 Å². The van der Waals surface area contributed by atoms with Gasteiger partial charge < -0.3 is 10.1 Å². The first-order valence-electron chi connectivity index (χ1n) is 7.84. The highest BCUT2D eigenvalue weighted by molar-refractivity contribution is 5.87. The molecular formula is C16H29NO3. The molecule has 0 radical (unpaired) electrons. The molecule has 1 aliphatic carbocycles. The van der Waals surface area contributed by atoms with E-state index in [-0.39, 0.29) is 5.78 Å². The average molecular weight is 283 g/mol. The standard InChI is InChI=1S/C16H29NO3/c1-5-14(18)13(11-12-9-7-6-8-10-12)17-15(19)20-16(2,3)4/h12-13H,5-11H2,1-4H3,(H,17,19)/t13-/m0/s1. The molecule has 1 fully saturated rings. The fraction of sp³-hybridized carbons (Fsp3) is 0.875. The molecule has 0 heterocycles. The second-order valence-electron chi connectivity index (χ2n) is 6.76. The van der Waals surface area contributed by atoms with Crippen LogP contribution in [0.25, 0.3) is 0 Å². The summed E-state index contributed by atoms with van der Waals surface area (Å²) in [5.41, 5.74) is -0.533. The maximum absolute atomic E-state index is 12.0. The van der Waals surface area contributed by atoms with Gasteiger partial charge in [0.05, 0.1) is 6.04 Å². The molecule has 1 aliphatic rings. The summed E-state index contributed by atoms with van der Waals surface area (Å²) in [6, 6.07) is -0.391. The molecule has 0 spiro atoms. The van der Waals surface area contributed by atoms with Crippen LogP contribution in [0.5, 0.6) is 0 Å². The summed E-state index contributed by atoms with van der Waals surface area (Å²) in [4.78, 5) is 23.9. The molecule has 0 aromatic rings. The molecule has 1 N–H and O–H groups in total. The molecule has 0 unspecified atom stereocenters. The Bertz CT molecular complexity index is 327. The van der Waals surface area contributed by atoms with Crippen molar-refractivity contribution >= 4 is 11.9 Å². The van der Waals surface area contributed by atoms with E-state index in [1.54, 1.807) is 0 Å². The van der Waals surface area contributed by atoms with Crippen molar-refractivity contribution in [3.05, 3.63) is 0 Å². The fourth-order valence-corrected chi connectivity index (χ4v) is 2.72. The predicted molar refractivity (Wildman–Crippen MR) is 79.6 cm³/mol. The predicted octanol–water partition coefficient (Wildman–Crippen LogP) is 3.83. The quantitative estimate of drug-likeness (QED) is 0.834. The number of carbonyl (C=O) groups excluding carboxylic acids is 2. The first kappa shape index (κ1) is 17.0. The van der Waals surface area contributed by atoms with Crippen molar-refractivity contribution in [3.8, 4) is 0 Å². The minimum atomic E-state index is -0.533. The van der Waals surface area contributed by atoms with Gasteiger partial charge in [-0.3, -0.25) is 4.79 Å². The Morgan fingerprint density at radius 2 is 1.80 bits per heavy atom. The fourth-order valence-electron chi connectivity index (χ4n) is 2.72. The maximum atomic E-state index is 12.0. The Kier molecular flexibility index (Phi) is 6.50. The van der Waals surface area contributed by atoms with Crippen LogP contribution in [-0.4, -0.2) is 23.5 Å². The molecule has 1 amide bonds. The SMILES string of the molecule is CCC(=O)[C@H](CC1CCCCC1)NC(=O)OC(C)(C)C. The number of carbonyl (C=O) groups is 2. The van der Waals surface area contributed by atoms with Crippen LogP contribution in [-0.2, 0) is 9.53 Å². The third-order valence-corrected chi connectivity index (χ3v) is 3.72. The number of ether oxygens (including phenoxy) is 1. The Labute approximate surface area is 122 Å². The van der Waals surface area contributed by atoms with E-state index in [1.807, 2.05) is 27.7 Å². The zero-order valence-electron chi connectivity index (χ0n) is 13.3. The van der Waals surface area contributed by atoms with Gasteiger partial charge in [-0.05, 0) is 33.1 Å². The van der Waals surface area contributed by atoms with Gasteiger partial charge in [0.1, 0.15) is 5.60 Å². The molecule has 0 aromatic heterocycles. The van der Waals surface area contributed by atoms with Gasteiger partial charge in [-0.25, -0.2) is 4.79 Å². The normalized spacial score (nSPS) is 18.4. The van der Waals surface area contributed by atoms with Crippen LogP contribution >= 0.6 is 0 Å². The Balaban J connectivity index is 2.55. The topological polar surface area (TPSA) is 55.4 Å². The smallest absolute Gasteiger partial charge is 0.408 e. The third kappa shape index (κ3) is 6.40. The lowest BCUT2D eigenvalue weighted by Crippen LogP contribution is -2.44. The van der Waals surface area contributed by atoms with Crippen molar-refractivity contribution in [2.75, 3.05) is 0 Å². The highest BCUT2D eigenvalue weighted by Gasteiger charge is 2.26. The summed E-state index contributed by atoms with van der Waals surface area (Å²) in [7, 11) is 0. The van der Waals surface area contributed by atoms with E-state index in [2.05, 4.69) is 5.32 Å². The van der Waals surface area contributed by atoms with Crippen molar-refractivity contribution < 1.29 is 14.3 Å². The second kappa shape index (κ2) is 7.65. The number of Topliss-reactive ketones (excluding diaryl/α,β-unsaturated/α-hetero) is 1. The minimum absolute atomic E-state index is 0.0985. The molecule has 0 aromatic carbocycles. The van der Waals surface area contributed by atoms with E-state index in [9.17, 15) is 9.59 Å². The average Bonchev–Trinajstić information content (AvgIpc) is 2.36. The molecule has 0 saturated heterocycles. The van der Waals surface area contributed by atoms with E-state index in [0.29, 0.717) is 12.3 Å². The monoisotopic (exact) mass is 283 g/mol. The van der Waals surface area contributed by atoms with E-state index in [1.165, 1.54) is 32.1 Å². The van der Waals surface area contributed by atoms with Crippen LogP contribution in [0, 0.1) is 5.92 Å². The molecule has 116 valence electrons. The summed E-state index contributed by atoms with van der Waals surface area (Å²) < 4.78 is 5.25. The zero-order valence-corrected chi connectivity index (χ0v) is 13.3. The summed E-state index contributed by atoms with van der Waals surface area (Å²) in [5, 5.41) is 2.76. The third-order valence-electron chi connectivity index (χ3n) is 3.72. The molecule has 1 saturated carbocycles. The van der Waals surface area contributed by atoms with Gasteiger partial charge in [0, 0.05) is 6.42 Å². The van der Waals surface area contributed by atoms with Crippen LogP contribution < -0.4 is 5.32 Å². The molecule has 20 heavy (non-hydrogen) atoms. The van der Waals surface area contributed by atoms with Crippen LogP contribution in [0.2, 0.25) is 0 Å². The number of ketones is 1. The highest BCUT2D eigenvalue weighted by atomic mass is 16.6. The van der Waals surface area contributed by atoms with E-state index in [0.717, 1.165) is 6.42 Å². The van der Waals surface area contributed by atoms with Gasteiger partial charge in [0.25, 0.3) is 0 Å². The molecule has 1 atom stereocenters. The summed E-state index contributed by atoms with van der Waals surface area (Å²) >= 11 is 0. The molecular weight excluding hydrogens is 254 g/mol. The van der Waals surface area contributed by atoms with Crippen LogP contribution in [0.3, 0.4) is 0 Å².